The quantitative estimate of drug-likeness (QED) is 0.771. The largest absolute Gasteiger partial charge is 0.424 e. The number of aromatic nitrogens is 2. The molecule has 15 heavy (non-hydrogen) atoms. The zero-order chi connectivity index (χ0) is 11.3. The maximum absolute atomic E-state index is 11.9. The number of rotatable bonds is 5. The summed E-state index contributed by atoms with van der Waals surface area (Å²) in [6, 6.07) is 0. The fraction of sp³-hybridized carbons (Fsp3) is 0.750. The van der Waals surface area contributed by atoms with Crippen LogP contribution >= 0.6 is 0 Å². The van der Waals surface area contributed by atoms with Crippen molar-refractivity contribution in [2.45, 2.75) is 32.5 Å². The van der Waals surface area contributed by atoms with Gasteiger partial charge in [0, 0.05) is 0 Å². The fourth-order valence-electron chi connectivity index (χ4n) is 0.975. The van der Waals surface area contributed by atoms with Crippen molar-refractivity contribution in [2.75, 3.05) is 6.54 Å². The Morgan fingerprint density at radius 1 is 1.27 bits per heavy atom. The molecule has 0 radical (unpaired) electrons. The van der Waals surface area contributed by atoms with Gasteiger partial charge in [0.2, 0.25) is 11.8 Å². The molecule has 86 valence electrons. The van der Waals surface area contributed by atoms with Crippen LogP contribution in [0.4, 0.5) is 13.2 Å². The van der Waals surface area contributed by atoms with Crippen LogP contribution in [0.5, 0.6) is 0 Å². The van der Waals surface area contributed by atoms with E-state index in [1.807, 2.05) is 6.92 Å². The SMILES string of the molecule is CCCNCc1nnc(CC(F)(F)F)o1. The molecule has 0 saturated carbocycles. The number of hydrogen-bond donors (Lipinski definition) is 1. The van der Waals surface area contributed by atoms with Gasteiger partial charge in [-0.15, -0.1) is 10.2 Å². The summed E-state index contributed by atoms with van der Waals surface area (Å²) in [4.78, 5) is 0. The zero-order valence-corrected chi connectivity index (χ0v) is 8.26. The summed E-state index contributed by atoms with van der Waals surface area (Å²) in [5.41, 5.74) is 0. The number of nitrogens with zero attached hydrogens (tertiary/aromatic N) is 2. The van der Waals surface area contributed by atoms with Gasteiger partial charge >= 0.3 is 6.18 Å². The normalized spacial score (nSPS) is 12.0. The van der Waals surface area contributed by atoms with Gasteiger partial charge < -0.3 is 9.73 Å². The van der Waals surface area contributed by atoms with Gasteiger partial charge in [-0.05, 0) is 13.0 Å². The maximum Gasteiger partial charge on any atom is 0.397 e. The molecule has 0 aliphatic rings. The van der Waals surface area contributed by atoms with E-state index in [4.69, 9.17) is 4.42 Å². The summed E-state index contributed by atoms with van der Waals surface area (Å²) in [7, 11) is 0. The minimum atomic E-state index is -4.30. The molecule has 1 heterocycles. The highest BCUT2D eigenvalue weighted by Crippen LogP contribution is 2.20. The van der Waals surface area contributed by atoms with E-state index >= 15 is 0 Å². The maximum atomic E-state index is 11.9. The van der Waals surface area contributed by atoms with Gasteiger partial charge in [0.05, 0.1) is 6.54 Å². The lowest BCUT2D eigenvalue weighted by atomic mass is 10.4. The minimum Gasteiger partial charge on any atom is -0.424 e. The standard InChI is InChI=1S/C8H12F3N3O/c1-2-3-12-5-7-14-13-6(15-7)4-8(9,10)11/h12H,2-5H2,1H3. The zero-order valence-electron chi connectivity index (χ0n) is 8.26. The number of nitrogens with one attached hydrogen (secondary N) is 1. The van der Waals surface area contributed by atoms with Crippen LogP contribution in [0.2, 0.25) is 0 Å². The minimum absolute atomic E-state index is 0.183. The van der Waals surface area contributed by atoms with Gasteiger partial charge in [0.25, 0.3) is 0 Å². The third-order valence-electron chi connectivity index (χ3n) is 1.56. The smallest absolute Gasteiger partial charge is 0.397 e. The molecule has 1 aromatic rings. The van der Waals surface area contributed by atoms with Crippen molar-refractivity contribution in [1.82, 2.24) is 15.5 Å². The molecular weight excluding hydrogens is 211 g/mol. The highest BCUT2D eigenvalue weighted by Gasteiger charge is 2.30. The molecule has 1 rings (SSSR count). The molecule has 0 saturated heterocycles. The highest BCUT2D eigenvalue weighted by molar-refractivity contribution is 4.83. The van der Waals surface area contributed by atoms with E-state index < -0.39 is 18.5 Å². The average Bonchev–Trinajstić information content (AvgIpc) is 2.50. The first-order chi connectivity index (χ1) is 7.01. The van der Waals surface area contributed by atoms with Gasteiger partial charge in [-0.2, -0.15) is 13.2 Å². The molecule has 1 aromatic heterocycles. The van der Waals surface area contributed by atoms with Crippen LogP contribution in [-0.4, -0.2) is 22.9 Å². The van der Waals surface area contributed by atoms with Crippen LogP contribution in [0, 0.1) is 0 Å². The molecule has 0 amide bonds. The lowest BCUT2D eigenvalue weighted by Gasteiger charge is -2.00. The lowest BCUT2D eigenvalue weighted by molar-refractivity contribution is -0.130. The number of hydrogen-bond acceptors (Lipinski definition) is 4. The first-order valence-corrected chi connectivity index (χ1v) is 4.60. The molecule has 0 aliphatic carbocycles. The van der Waals surface area contributed by atoms with Crippen molar-refractivity contribution in [3.8, 4) is 0 Å². The van der Waals surface area contributed by atoms with E-state index in [1.165, 1.54) is 0 Å². The van der Waals surface area contributed by atoms with Crippen LogP contribution in [0.3, 0.4) is 0 Å². The molecule has 4 nitrogen and oxygen atoms in total. The van der Waals surface area contributed by atoms with Crippen molar-refractivity contribution < 1.29 is 17.6 Å². The van der Waals surface area contributed by atoms with Crippen LogP contribution < -0.4 is 5.32 Å². The molecule has 0 atom stereocenters. The predicted molar refractivity (Wildman–Crippen MR) is 46.1 cm³/mol. The van der Waals surface area contributed by atoms with Crippen molar-refractivity contribution in [3.05, 3.63) is 11.8 Å². The topological polar surface area (TPSA) is 51.0 Å². The third-order valence-corrected chi connectivity index (χ3v) is 1.56. The average molecular weight is 223 g/mol. The summed E-state index contributed by atoms with van der Waals surface area (Å²) < 4.78 is 40.5. The van der Waals surface area contributed by atoms with Crippen molar-refractivity contribution in [3.63, 3.8) is 0 Å². The molecule has 0 bridgehead atoms. The Hall–Kier alpha value is -1.11. The summed E-state index contributed by atoms with van der Waals surface area (Å²) in [5.74, 6) is -0.210. The number of halogens is 3. The van der Waals surface area contributed by atoms with Crippen LogP contribution in [0.15, 0.2) is 4.42 Å². The van der Waals surface area contributed by atoms with Gasteiger partial charge in [-0.25, -0.2) is 0 Å². The summed E-state index contributed by atoms with van der Waals surface area (Å²) in [6.45, 7) is 3.05. The van der Waals surface area contributed by atoms with E-state index in [9.17, 15) is 13.2 Å². The van der Waals surface area contributed by atoms with Crippen molar-refractivity contribution in [1.29, 1.82) is 0 Å². The molecule has 1 N–H and O–H groups in total. The van der Waals surface area contributed by atoms with Crippen LogP contribution in [0.25, 0.3) is 0 Å². The van der Waals surface area contributed by atoms with E-state index in [2.05, 4.69) is 15.5 Å². The molecule has 0 aliphatic heterocycles. The van der Waals surface area contributed by atoms with Gasteiger partial charge in [-0.1, -0.05) is 6.92 Å². The second-order valence-corrected chi connectivity index (χ2v) is 3.06. The highest BCUT2D eigenvalue weighted by atomic mass is 19.4. The summed E-state index contributed by atoms with van der Waals surface area (Å²) in [5, 5.41) is 9.75. The van der Waals surface area contributed by atoms with Crippen LogP contribution in [0.1, 0.15) is 25.1 Å². The predicted octanol–water partition coefficient (Wildman–Crippen LogP) is 1.67. The van der Waals surface area contributed by atoms with E-state index in [-0.39, 0.29) is 5.89 Å². The first kappa shape index (κ1) is 12.0. The van der Waals surface area contributed by atoms with Crippen molar-refractivity contribution in [2.24, 2.45) is 0 Å². The summed E-state index contributed by atoms with van der Waals surface area (Å²) >= 11 is 0. The van der Waals surface area contributed by atoms with Gasteiger partial charge in [0.1, 0.15) is 6.42 Å². The Morgan fingerprint density at radius 3 is 2.53 bits per heavy atom. The van der Waals surface area contributed by atoms with Gasteiger partial charge in [-0.3, -0.25) is 0 Å². The van der Waals surface area contributed by atoms with E-state index in [0.29, 0.717) is 6.54 Å². The molecular formula is C8H12F3N3O. The lowest BCUT2D eigenvalue weighted by Crippen LogP contribution is -2.14. The van der Waals surface area contributed by atoms with Crippen LogP contribution in [-0.2, 0) is 13.0 Å². The van der Waals surface area contributed by atoms with E-state index in [1.54, 1.807) is 0 Å². The Bertz CT molecular complexity index is 298. The second kappa shape index (κ2) is 5.11. The Labute approximate surface area is 84.9 Å². The monoisotopic (exact) mass is 223 g/mol. The molecule has 0 aromatic carbocycles. The molecule has 0 fully saturated rings. The van der Waals surface area contributed by atoms with Gasteiger partial charge in [0.15, 0.2) is 0 Å². The molecule has 7 heteroatoms. The first-order valence-electron chi connectivity index (χ1n) is 4.60. The van der Waals surface area contributed by atoms with Crippen molar-refractivity contribution >= 4 is 0 Å². The summed E-state index contributed by atoms with van der Waals surface area (Å²) in [6.07, 6.45) is -4.54. The number of alkyl halides is 3. The Morgan fingerprint density at radius 2 is 1.93 bits per heavy atom. The Balaban J connectivity index is 2.42. The molecule has 0 unspecified atom stereocenters. The Kier molecular flexibility index (Phi) is 4.07. The third kappa shape index (κ3) is 4.78. The molecule has 0 spiro atoms. The fourth-order valence-corrected chi connectivity index (χ4v) is 0.975. The van der Waals surface area contributed by atoms with E-state index in [0.717, 1.165) is 13.0 Å². The second-order valence-electron chi connectivity index (χ2n) is 3.06.